The van der Waals surface area contributed by atoms with Crippen molar-refractivity contribution in [2.75, 3.05) is 19.0 Å². The average Bonchev–Trinajstić information content (AvgIpc) is 2.05. The maximum absolute atomic E-state index is 11.7. The standard InChI is InChI=1S/C7H15O4PS/c1-4-10-12(9,11-5-2)7(8)13-6-3/h4-6H2,1-3H3. The minimum atomic E-state index is -3.50. The van der Waals surface area contributed by atoms with E-state index in [-0.39, 0.29) is 13.2 Å². The van der Waals surface area contributed by atoms with Gasteiger partial charge in [-0.2, -0.15) is 0 Å². The van der Waals surface area contributed by atoms with Crippen LogP contribution in [0.2, 0.25) is 0 Å². The second kappa shape index (κ2) is 6.60. The topological polar surface area (TPSA) is 52.6 Å². The van der Waals surface area contributed by atoms with Crippen molar-refractivity contribution in [1.29, 1.82) is 0 Å². The smallest absolute Gasteiger partial charge is 0.303 e. The summed E-state index contributed by atoms with van der Waals surface area (Å²) in [4.78, 5) is 10.8. The van der Waals surface area contributed by atoms with Crippen molar-refractivity contribution in [3.8, 4) is 0 Å². The van der Waals surface area contributed by atoms with Crippen molar-refractivity contribution in [2.45, 2.75) is 20.8 Å². The zero-order valence-corrected chi connectivity index (χ0v) is 9.82. The third-order valence-electron chi connectivity index (χ3n) is 1.09. The summed E-state index contributed by atoms with van der Waals surface area (Å²) in [6.07, 6.45) is 0. The molecule has 0 atom stereocenters. The summed E-state index contributed by atoms with van der Waals surface area (Å²) in [6, 6.07) is 0. The number of carbonyl (C=O) groups excluding carboxylic acids is 1. The Morgan fingerprint density at radius 1 is 1.23 bits per heavy atom. The fourth-order valence-electron chi connectivity index (χ4n) is 0.685. The molecule has 0 heterocycles. The van der Waals surface area contributed by atoms with Crippen LogP contribution in [0.15, 0.2) is 0 Å². The van der Waals surface area contributed by atoms with E-state index in [1.54, 1.807) is 13.8 Å². The molecule has 0 fully saturated rings. The van der Waals surface area contributed by atoms with Gasteiger partial charge in [-0.05, 0) is 19.6 Å². The Labute approximate surface area is 82.9 Å². The Hall–Kier alpha value is 0.170. The van der Waals surface area contributed by atoms with E-state index in [1.165, 1.54) is 0 Å². The molecule has 0 aromatic heterocycles. The predicted octanol–water partition coefficient (Wildman–Crippen LogP) is 3.13. The lowest BCUT2D eigenvalue weighted by molar-refractivity contribution is 0.216. The molecule has 0 aliphatic carbocycles. The van der Waals surface area contributed by atoms with Gasteiger partial charge in [0, 0.05) is 0 Å². The zero-order valence-electron chi connectivity index (χ0n) is 8.11. The van der Waals surface area contributed by atoms with Gasteiger partial charge in [0.15, 0.2) is 0 Å². The monoisotopic (exact) mass is 226 g/mol. The van der Waals surface area contributed by atoms with Crippen LogP contribution in [0.3, 0.4) is 0 Å². The lowest BCUT2D eigenvalue weighted by Gasteiger charge is -2.13. The van der Waals surface area contributed by atoms with E-state index in [1.807, 2.05) is 6.92 Å². The van der Waals surface area contributed by atoms with Crippen LogP contribution >= 0.6 is 19.4 Å². The molecule has 0 saturated heterocycles. The molecule has 0 unspecified atom stereocenters. The fourth-order valence-corrected chi connectivity index (χ4v) is 3.23. The summed E-state index contributed by atoms with van der Waals surface area (Å²) in [6.45, 7) is 5.59. The largest absolute Gasteiger partial charge is 0.407 e. The molecule has 0 N–H and O–H groups in total. The first-order valence-electron chi connectivity index (χ1n) is 4.17. The predicted molar refractivity (Wildman–Crippen MR) is 54.4 cm³/mol. The minimum Gasteiger partial charge on any atom is -0.303 e. The van der Waals surface area contributed by atoms with Gasteiger partial charge in [0.2, 0.25) is 0 Å². The van der Waals surface area contributed by atoms with Crippen LogP contribution in [-0.4, -0.2) is 23.8 Å². The first-order chi connectivity index (χ1) is 6.10. The highest BCUT2D eigenvalue weighted by atomic mass is 32.2. The number of hydrogen-bond acceptors (Lipinski definition) is 5. The SMILES string of the molecule is CCOP(=O)(OCC)C(=O)SCC. The van der Waals surface area contributed by atoms with Crippen LogP contribution < -0.4 is 0 Å². The normalized spacial score (nSPS) is 11.6. The number of thioether (sulfide) groups is 1. The maximum atomic E-state index is 11.7. The Balaban J connectivity index is 4.38. The van der Waals surface area contributed by atoms with Crippen LogP contribution in [0.1, 0.15) is 20.8 Å². The lowest BCUT2D eigenvalue weighted by atomic mass is 10.9. The summed E-state index contributed by atoms with van der Waals surface area (Å²) in [5.41, 5.74) is 0. The molecular weight excluding hydrogens is 211 g/mol. The maximum Gasteiger partial charge on any atom is 0.407 e. The van der Waals surface area contributed by atoms with Gasteiger partial charge in [-0.15, -0.1) is 0 Å². The van der Waals surface area contributed by atoms with Crippen molar-refractivity contribution in [2.24, 2.45) is 0 Å². The first kappa shape index (κ1) is 13.2. The highest BCUT2D eigenvalue weighted by Gasteiger charge is 2.33. The van der Waals surface area contributed by atoms with Crippen LogP contribution in [0.5, 0.6) is 0 Å². The van der Waals surface area contributed by atoms with Gasteiger partial charge in [0.1, 0.15) is 0 Å². The molecule has 13 heavy (non-hydrogen) atoms. The Morgan fingerprint density at radius 3 is 2.00 bits per heavy atom. The molecule has 4 nitrogen and oxygen atoms in total. The Morgan fingerprint density at radius 2 is 1.69 bits per heavy atom. The quantitative estimate of drug-likeness (QED) is 0.651. The molecule has 0 saturated carbocycles. The molecule has 0 spiro atoms. The van der Waals surface area contributed by atoms with Crippen molar-refractivity contribution in [1.82, 2.24) is 0 Å². The van der Waals surface area contributed by atoms with E-state index in [9.17, 15) is 9.36 Å². The van der Waals surface area contributed by atoms with Crippen molar-refractivity contribution in [3.63, 3.8) is 0 Å². The molecule has 0 radical (unpaired) electrons. The molecule has 78 valence electrons. The van der Waals surface area contributed by atoms with Gasteiger partial charge in [-0.1, -0.05) is 18.7 Å². The van der Waals surface area contributed by atoms with Crippen molar-refractivity contribution < 1.29 is 18.4 Å². The van der Waals surface area contributed by atoms with Gasteiger partial charge < -0.3 is 9.05 Å². The molecule has 0 bridgehead atoms. The van der Waals surface area contributed by atoms with Crippen LogP contribution in [-0.2, 0) is 13.6 Å². The third kappa shape index (κ3) is 4.27. The van der Waals surface area contributed by atoms with E-state index in [2.05, 4.69) is 0 Å². The average molecular weight is 226 g/mol. The van der Waals surface area contributed by atoms with Gasteiger partial charge in [-0.3, -0.25) is 9.36 Å². The Kier molecular flexibility index (Phi) is 6.68. The van der Waals surface area contributed by atoms with Gasteiger partial charge in [-0.25, -0.2) is 0 Å². The fraction of sp³-hybridized carbons (Fsp3) is 0.857. The molecule has 0 aromatic carbocycles. The minimum absolute atomic E-state index is 0.216. The summed E-state index contributed by atoms with van der Waals surface area (Å²) in [7, 11) is -3.50. The zero-order chi connectivity index (χ0) is 10.3. The van der Waals surface area contributed by atoms with E-state index in [4.69, 9.17) is 9.05 Å². The van der Waals surface area contributed by atoms with Gasteiger partial charge in [0.05, 0.1) is 13.2 Å². The van der Waals surface area contributed by atoms with Crippen LogP contribution in [0, 0.1) is 0 Å². The third-order valence-corrected chi connectivity index (χ3v) is 4.33. The number of carbonyl (C=O) groups is 1. The van der Waals surface area contributed by atoms with E-state index in [0.29, 0.717) is 5.75 Å². The van der Waals surface area contributed by atoms with Gasteiger partial charge in [0.25, 0.3) is 0 Å². The molecule has 0 aromatic rings. The molecule has 0 rings (SSSR count). The van der Waals surface area contributed by atoms with Crippen molar-refractivity contribution >= 4 is 24.2 Å². The molecule has 0 aliphatic rings. The number of rotatable bonds is 6. The second-order valence-corrected chi connectivity index (χ2v) is 5.49. The van der Waals surface area contributed by atoms with Crippen LogP contribution in [0.4, 0.5) is 4.79 Å². The lowest BCUT2D eigenvalue weighted by Crippen LogP contribution is -2.02. The van der Waals surface area contributed by atoms with E-state index < -0.39 is 12.5 Å². The summed E-state index contributed by atoms with van der Waals surface area (Å²) in [5.74, 6) is 0.572. The molecular formula is C7H15O4PS. The highest BCUT2D eigenvalue weighted by Crippen LogP contribution is 2.52. The molecule has 0 amide bonds. The summed E-state index contributed by atoms with van der Waals surface area (Å²) < 4.78 is 21.4. The Bertz CT molecular complexity index is 197. The van der Waals surface area contributed by atoms with Crippen molar-refractivity contribution in [3.05, 3.63) is 0 Å². The van der Waals surface area contributed by atoms with Crippen LogP contribution in [0.25, 0.3) is 0 Å². The number of hydrogen-bond donors (Lipinski definition) is 0. The molecule has 6 heteroatoms. The van der Waals surface area contributed by atoms with E-state index >= 15 is 0 Å². The highest BCUT2D eigenvalue weighted by molar-refractivity contribution is 8.25. The first-order valence-corrected chi connectivity index (χ1v) is 6.70. The van der Waals surface area contributed by atoms with Gasteiger partial charge >= 0.3 is 12.5 Å². The second-order valence-electron chi connectivity index (χ2n) is 2.03. The molecule has 0 aliphatic heterocycles. The summed E-state index contributed by atoms with van der Waals surface area (Å²) in [5, 5.41) is 0. The van der Waals surface area contributed by atoms with E-state index in [0.717, 1.165) is 11.8 Å². The summed E-state index contributed by atoms with van der Waals surface area (Å²) >= 11 is 0.966.